The number of hydrogen-bond donors (Lipinski definition) is 2. The van der Waals surface area contributed by atoms with Gasteiger partial charge in [0.25, 0.3) is 0 Å². The Morgan fingerprint density at radius 1 is 1.15 bits per heavy atom. The molecule has 0 saturated carbocycles. The highest BCUT2D eigenvalue weighted by Crippen LogP contribution is 2.47. The summed E-state index contributed by atoms with van der Waals surface area (Å²) in [6, 6.07) is 15.6. The molecule has 0 radical (unpaired) electrons. The zero-order valence-electron chi connectivity index (χ0n) is 14.1. The quantitative estimate of drug-likeness (QED) is 0.708. The number of aliphatic hydroxyl groups excluding tert-OH is 1. The molecule has 10 heteroatoms. The summed E-state index contributed by atoms with van der Waals surface area (Å²) in [5.41, 5.74) is 0.356. The van der Waals surface area contributed by atoms with E-state index in [-0.39, 0.29) is 24.8 Å². The Labute approximate surface area is 161 Å². The van der Waals surface area contributed by atoms with Crippen molar-refractivity contribution in [2.24, 2.45) is 5.14 Å². The molecule has 2 aromatic carbocycles. The van der Waals surface area contributed by atoms with Gasteiger partial charge in [0, 0.05) is 12.1 Å². The van der Waals surface area contributed by atoms with Gasteiger partial charge in [0.05, 0.1) is 12.4 Å². The van der Waals surface area contributed by atoms with E-state index in [4.69, 9.17) is 14.1 Å². The van der Waals surface area contributed by atoms with Crippen molar-refractivity contribution in [3.63, 3.8) is 0 Å². The maximum Gasteiger partial charge on any atom is 0.336 e. The molecule has 0 bridgehead atoms. The second-order valence-corrected chi connectivity index (χ2v) is 7.94. The third-order valence-corrected chi connectivity index (χ3v) is 5.68. The maximum absolute atomic E-state index is 12.3. The first-order valence-electron chi connectivity index (χ1n) is 7.96. The van der Waals surface area contributed by atoms with Gasteiger partial charge in [-0.15, -0.1) is 0 Å². The van der Waals surface area contributed by atoms with E-state index in [1.54, 1.807) is 36.4 Å². The highest BCUT2D eigenvalue weighted by molar-refractivity contribution is 8.01. The van der Waals surface area contributed by atoms with Gasteiger partial charge in [-0.25, -0.2) is 9.32 Å². The van der Waals surface area contributed by atoms with Crippen molar-refractivity contribution in [1.82, 2.24) is 4.90 Å². The number of ether oxygens (including phenoxy) is 1. The fourth-order valence-electron chi connectivity index (χ4n) is 2.75. The second kappa shape index (κ2) is 7.87. The Morgan fingerprint density at radius 3 is 2.52 bits per heavy atom. The number of carbonyl (C=O) groups excluding carboxylic acids is 1. The summed E-state index contributed by atoms with van der Waals surface area (Å²) in [5, 5.41) is 12.7. The molecule has 0 aliphatic carbocycles. The molecule has 8 nitrogen and oxygen atoms in total. The van der Waals surface area contributed by atoms with Crippen LogP contribution in [0.4, 0.5) is 0 Å². The fraction of sp³-hybridized carbons (Fsp3) is 0.235. The van der Waals surface area contributed by atoms with Crippen LogP contribution in [0.25, 0.3) is 0 Å². The van der Waals surface area contributed by atoms with Crippen LogP contribution in [0.5, 0.6) is 11.5 Å². The minimum atomic E-state index is -4.40. The highest BCUT2D eigenvalue weighted by atomic mass is 32.2. The Hall–Kier alpha value is -2.11. The zero-order chi connectivity index (χ0) is 19.5. The summed E-state index contributed by atoms with van der Waals surface area (Å²) in [4.78, 5) is 13.4. The second-order valence-electron chi connectivity index (χ2n) is 5.66. The molecule has 3 rings (SSSR count). The van der Waals surface area contributed by atoms with Crippen LogP contribution in [-0.4, -0.2) is 43.2 Å². The van der Waals surface area contributed by atoms with Crippen LogP contribution < -0.4 is 9.88 Å². The van der Waals surface area contributed by atoms with Crippen LogP contribution >= 0.6 is 11.8 Å². The third-order valence-electron chi connectivity index (χ3n) is 3.78. The minimum Gasteiger partial charge on any atom is -0.457 e. The van der Waals surface area contributed by atoms with E-state index >= 15 is 0 Å². The van der Waals surface area contributed by atoms with E-state index in [0.29, 0.717) is 17.1 Å². The van der Waals surface area contributed by atoms with Crippen molar-refractivity contribution < 1.29 is 27.2 Å². The molecule has 1 saturated heterocycles. The maximum atomic E-state index is 12.3. The van der Waals surface area contributed by atoms with E-state index < -0.39 is 15.4 Å². The summed E-state index contributed by atoms with van der Waals surface area (Å²) in [6.45, 7) is -0.465. The van der Waals surface area contributed by atoms with Gasteiger partial charge in [-0.2, -0.15) is 8.42 Å². The van der Waals surface area contributed by atoms with Crippen LogP contribution in [0.3, 0.4) is 0 Å². The smallest absolute Gasteiger partial charge is 0.336 e. The first kappa shape index (κ1) is 19.6. The van der Waals surface area contributed by atoms with Crippen molar-refractivity contribution in [3.05, 3.63) is 60.2 Å². The predicted molar refractivity (Wildman–Crippen MR) is 100 cm³/mol. The van der Waals surface area contributed by atoms with Crippen molar-refractivity contribution in [1.29, 1.82) is 0 Å². The standard InChI is InChI=1S/C17H18N2O6S2/c18-27(22,23)25-17(19(9-10-20)16(21)12-26-17)13-5-4-8-15(11-13)24-14-6-2-1-3-7-14/h1-8,11,20H,9-10,12H2,(H2,18,22,23). The molecule has 27 heavy (non-hydrogen) atoms. The van der Waals surface area contributed by atoms with E-state index in [9.17, 15) is 18.3 Å². The predicted octanol–water partition coefficient (Wildman–Crippen LogP) is 1.38. The van der Waals surface area contributed by atoms with Gasteiger partial charge in [-0.1, -0.05) is 42.1 Å². The lowest BCUT2D eigenvalue weighted by Gasteiger charge is -2.35. The summed E-state index contributed by atoms with van der Waals surface area (Å²) in [7, 11) is -4.40. The Bertz CT molecular complexity index is 922. The number of nitrogens with two attached hydrogens (primary N) is 1. The molecule has 1 atom stereocenters. The number of amides is 1. The van der Waals surface area contributed by atoms with Gasteiger partial charge in [-0.3, -0.25) is 9.69 Å². The van der Waals surface area contributed by atoms with E-state index in [0.717, 1.165) is 16.7 Å². The third kappa shape index (κ3) is 4.42. The number of β-amino-alcohol motifs (C(OH)–C–C–N with tert-alkyl or cyclic N) is 1. The molecule has 1 amide bonds. The number of aliphatic hydroxyl groups is 1. The Morgan fingerprint density at radius 2 is 1.85 bits per heavy atom. The topological polar surface area (TPSA) is 119 Å². The summed E-state index contributed by atoms with van der Waals surface area (Å²) >= 11 is 0.969. The summed E-state index contributed by atoms with van der Waals surface area (Å²) < 4.78 is 34.4. The van der Waals surface area contributed by atoms with Crippen LogP contribution in [0.1, 0.15) is 5.56 Å². The molecule has 1 fully saturated rings. The van der Waals surface area contributed by atoms with Crippen LogP contribution in [-0.2, 0) is 24.3 Å². The lowest BCUT2D eigenvalue weighted by Crippen LogP contribution is -2.47. The zero-order valence-corrected chi connectivity index (χ0v) is 15.8. The largest absolute Gasteiger partial charge is 0.457 e. The van der Waals surface area contributed by atoms with Crippen molar-refractivity contribution in [3.8, 4) is 11.5 Å². The van der Waals surface area contributed by atoms with E-state index in [1.165, 1.54) is 0 Å². The SMILES string of the molecule is NS(=O)(=O)OC1(c2cccc(Oc3ccccc3)c2)SCC(=O)N1CCO. The molecular weight excluding hydrogens is 392 g/mol. The van der Waals surface area contributed by atoms with Gasteiger partial charge in [-0.05, 0) is 24.3 Å². The summed E-state index contributed by atoms with van der Waals surface area (Å²) in [6.07, 6.45) is 0. The average Bonchev–Trinajstić information content (AvgIpc) is 2.92. The number of rotatable bonds is 7. The first-order valence-corrected chi connectivity index (χ1v) is 10.4. The molecule has 1 aliphatic rings. The normalized spacial score (nSPS) is 20.1. The minimum absolute atomic E-state index is 0.0146. The molecule has 144 valence electrons. The van der Waals surface area contributed by atoms with Crippen LogP contribution in [0.15, 0.2) is 54.6 Å². The van der Waals surface area contributed by atoms with E-state index in [2.05, 4.69) is 0 Å². The number of para-hydroxylation sites is 1. The van der Waals surface area contributed by atoms with Gasteiger partial charge >= 0.3 is 10.3 Å². The van der Waals surface area contributed by atoms with Crippen LogP contribution in [0, 0.1) is 0 Å². The Kier molecular flexibility index (Phi) is 5.72. The van der Waals surface area contributed by atoms with Crippen LogP contribution in [0.2, 0.25) is 0 Å². The number of carbonyl (C=O) groups is 1. The molecule has 1 heterocycles. The van der Waals surface area contributed by atoms with Crippen molar-refractivity contribution in [2.75, 3.05) is 18.9 Å². The highest BCUT2D eigenvalue weighted by Gasteiger charge is 2.51. The Balaban J connectivity index is 2.02. The van der Waals surface area contributed by atoms with E-state index in [1.807, 2.05) is 18.2 Å². The lowest BCUT2D eigenvalue weighted by molar-refractivity contribution is -0.138. The lowest BCUT2D eigenvalue weighted by atomic mass is 10.1. The van der Waals surface area contributed by atoms with Gasteiger partial charge in [0.1, 0.15) is 11.5 Å². The molecule has 1 aliphatic heterocycles. The molecule has 1 unspecified atom stereocenters. The molecule has 3 N–H and O–H groups in total. The average molecular weight is 410 g/mol. The molecular formula is C17H18N2O6S2. The number of hydrogen-bond acceptors (Lipinski definition) is 7. The number of benzene rings is 2. The molecule has 0 spiro atoms. The number of nitrogens with zero attached hydrogens (tertiary/aromatic N) is 1. The molecule has 2 aromatic rings. The van der Waals surface area contributed by atoms with Crippen molar-refractivity contribution in [2.45, 2.75) is 5.06 Å². The number of thioether (sulfide) groups is 1. The fourth-order valence-corrected chi connectivity index (χ4v) is 4.84. The van der Waals surface area contributed by atoms with Gasteiger partial charge in [0.2, 0.25) is 11.0 Å². The van der Waals surface area contributed by atoms with Gasteiger partial charge < -0.3 is 9.84 Å². The van der Waals surface area contributed by atoms with Crippen molar-refractivity contribution >= 4 is 28.0 Å². The summed E-state index contributed by atoms with van der Waals surface area (Å²) in [5.74, 6) is 0.643. The molecule has 0 aromatic heterocycles. The first-order chi connectivity index (χ1) is 12.8. The van der Waals surface area contributed by atoms with Gasteiger partial charge in [0.15, 0.2) is 0 Å². The monoisotopic (exact) mass is 410 g/mol.